The van der Waals surface area contributed by atoms with Gasteiger partial charge in [0.05, 0.1) is 5.69 Å². The first-order chi connectivity index (χ1) is 5.65. The van der Waals surface area contributed by atoms with E-state index >= 15 is 0 Å². The molecule has 0 aliphatic rings. The van der Waals surface area contributed by atoms with Gasteiger partial charge in [0.1, 0.15) is 5.76 Å². The first kappa shape index (κ1) is 8.87. The van der Waals surface area contributed by atoms with Gasteiger partial charge in [-0.25, -0.2) is 0 Å². The zero-order chi connectivity index (χ0) is 9.14. The van der Waals surface area contributed by atoms with Crippen LogP contribution in [0, 0.1) is 0 Å². The molecule has 0 aliphatic carbocycles. The van der Waals surface area contributed by atoms with Gasteiger partial charge in [-0.1, -0.05) is 6.58 Å². The lowest BCUT2D eigenvalue weighted by Crippen LogP contribution is -1.82. The summed E-state index contributed by atoms with van der Waals surface area (Å²) in [4.78, 5) is 4.49. The summed E-state index contributed by atoms with van der Waals surface area (Å²) in [6.45, 7) is 6.79. The first-order valence-electron chi connectivity index (χ1n) is 3.33. The van der Waals surface area contributed by atoms with Crippen molar-refractivity contribution in [3.63, 3.8) is 0 Å². The van der Waals surface area contributed by atoms with Crippen molar-refractivity contribution in [1.29, 1.82) is 0 Å². The van der Waals surface area contributed by atoms with E-state index in [2.05, 4.69) is 30.9 Å². The van der Waals surface area contributed by atoms with E-state index in [0.717, 1.165) is 4.90 Å². The van der Waals surface area contributed by atoms with Crippen LogP contribution in [0.15, 0.2) is 34.7 Å². The molecule has 2 nitrogen and oxygen atoms in total. The lowest BCUT2D eigenvalue weighted by Gasteiger charge is -2.03. The number of rotatable bonds is 2. The highest BCUT2D eigenvalue weighted by molar-refractivity contribution is 7.80. The lowest BCUT2D eigenvalue weighted by atomic mass is 10.1. The third-order valence-electron chi connectivity index (χ3n) is 1.46. The molecular formula is C9H9NOS. The molecule has 1 rings (SSSR count). The van der Waals surface area contributed by atoms with Gasteiger partial charge < -0.3 is 5.11 Å². The van der Waals surface area contributed by atoms with Gasteiger partial charge in [-0.3, -0.25) is 4.99 Å². The third-order valence-corrected chi connectivity index (χ3v) is 1.74. The minimum Gasteiger partial charge on any atom is -0.508 e. The van der Waals surface area contributed by atoms with Gasteiger partial charge in [-0.05, 0) is 24.9 Å². The molecule has 1 N–H and O–H groups in total. The summed E-state index contributed by atoms with van der Waals surface area (Å²) in [7, 11) is 0. The second kappa shape index (κ2) is 3.45. The molecule has 0 aliphatic heterocycles. The fraction of sp³-hybridized carbons (Fsp3) is 0. The molecule has 0 saturated carbocycles. The first-order valence-corrected chi connectivity index (χ1v) is 3.78. The second-order valence-corrected chi connectivity index (χ2v) is 2.82. The molecule has 0 atom stereocenters. The average molecular weight is 179 g/mol. The van der Waals surface area contributed by atoms with E-state index in [-0.39, 0.29) is 5.76 Å². The van der Waals surface area contributed by atoms with Crippen molar-refractivity contribution in [2.24, 2.45) is 4.99 Å². The molecule has 1 aromatic rings. The van der Waals surface area contributed by atoms with Crippen LogP contribution in [-0.2, 0) is 0 Å². The number of aliphatic hydroxyl groups excluding tert-OH is 1. The summed E-state index contributed by atoms with van der Waals surface area (Å²) >= 11 is 4.12. The SMILES string of the molecule is C=Nc1ccc(S)cc1C(=C)O. The van der Waals surface area contributed by atoms with Crippen molar-refractivity contribution < 1.29 is 5.11 Å². The zero-order valence-corrected chi connectivity index (χ0v) is 7.38. The molecular weight excluding hydrogens is 170 g/mol. The minimum absolute atomic E-state index is 0.0201. The maximum atomic E-state index is 9.14. The van der Waals surface area contributed by atoms with E-state index in [4.69, 9.17) is 5.11 Å². The molecule has 0 radical (unpaired) electrons. The summed E-state index contributed by atoms with van der Waals surface area (Å²) in [5.74, 6) is -0.0201. The van der Waals surface area contributed by atoms with Gasteiger partial charge >= 0.3 is 0 Å². The normalized spacial score (nSPS) is 9.42. The maximum absolute atomic E-state index is 9.14. The lowest BCUT2D eigenvalue weighted by molar-refractivity contribution is 0.514. The van der Waals surface area contributed by atoms with Crippen LogP contribution >= 0.6 is 12.6 Å². The van der Waals surface area contributed by atoms with Crippen molar-refractivity contribution in [2.45, 2.75) is 4.90 Å². The number of hydrogen-bond acceptors (Lipinski definition) is 3. The Morgan fingerprint density at radius 3 is 2.67 bits per heavy atom. The molecule has 62 valence electrons. The molecule has 0 amide bonds. The van der Waals surface area contributed by atoms with E-state index in [1.165, 1.54) is 0 Å². The van der Waals surface area contributed by atoms with Crippen LogP contribution in [0.3, 0.4) is 0 Å². The summed E-state index contributed by atoms with van der Waals surface area (Å²) in [6.07, 6.45) is 0. The van der Waals surface area contributed by atoms with Crippen molar-refractivity contribution >= 4 is 30.8 Å². The highest BCUT2D eigenvalue weighted by Gasteiger charge is 2.02. The van der Waals surface area contributed by atoms with E-state index in [9.17, 15) is 0 Å². The van der Waals surface area contributed by atoms with Crippen molar-refractivity contribution in [3.05, 3.63) is 30.3 Å². The van der Waals surface area contributed by atoms with Crippen molar-refractivity contribution in [2.75, 3.05) is 0 Å². The van der Waals surface area contributed by atoms with Gasteiger partial charge in [0.25, 0.3) is 0 Å². The van der Waals surface area contributed by atoms with Crippen LogP contribution < -0.4 is 0 Å². The Morgan fingerprint density at radius 1 is 1.50 bits per heavy atom. The molecule has 0 heterocycles. The fourth-order valence-corrected chi connectivity index (χ4v) is 1.10. The summed E-state index contributed by atoms with van der Waals surface area (Å²) < 4.78 is 0. The number of aliphatic hydroxyl groups is 1. The molecule has 1 aromatic carbocycles. The van der Waals surface area contributed by atoms with Gasteiger partial charge in [-0.2, -0.15) is 0 Å². The minimum atomic E-state index is -0.0201. The Bertz CT molecular complexity index is 333. The van der Waals surface area contributed by atoms with Gasteiger partial charge in [0, 0.05) is 10.5 Å². The third kappa shape index (κ3) is 1.68. The Hall–Kier alpha value is -1.22. The number of benzene rings is 1. The molecule has 0 bridgehead atoms. The largest absolute Gasteiger partial charge is 0.508 e. The predicted molar refractivity (Wildman–Crippen MR) is 54.6 cm³/mol. The highest BCUT2D eigenvalue weighted by atomic mass is 32.1. The standard InChI is InChI=1S/C9H9NOS/c1-6(11)8-5-7(12)3-4-9(8)10-2/h3-5,11-12H,1-2H2. The summed E-state index contributed by atoms with van der Waals surface area (Å²) in [5.41, 5.74) is 1.18. The Labute approximate surface area is 76.7 Å². The number of nitrogens with zero attached hydrogens (tertiary/aromatic N) is 1. The van der Waals surface area contributed by atoms with Crippen LogP contribution in [-0.4, -0.2) is 11.8 Å². The van der Waals surface area contributed by atoms with Crippen LogP contribution in [0.2, 0.25) is 0 Å². The maximum Gasteiger partial charge on any atom is 0.117 e. The van der Waals surface area contributed by atoms with Crippen LogP contribution in [0.4, 0.5) is 5.69 Å². The number of hydrogen-bond donors (Lipinski definition) is 2. The molecule has 0 unspecified atom stereocenters. The highest BCUT2D eigenvalue weighted by Crippen LogP contribution is 2.26. The monoisotopic (exact) mass is 179 g/mol. The summed E-state index contributed by atoms with van der Waals surface area (Å²) in [5, 5.41) is 9.14. The average Bonchev–Trinajstić information content (AvgIpc) is 2.04. The van der Waals surface area contributed by atoms with Gasteiger partial charge in [-0.15, -0.1) is 12.6 Å². The van der Waals surface area contributed by atoms with Crippen molar-refractivity contribution in [1.82, 2.24) is 0 Å². The smallest absolute Gasteiger partial charge is 0.117 e. The van der Waals surface area contributed by atoms with E-state index < -0.39 is 0 Å². The topological polar surface area (TPSA) is 32.6 Å². The predicted octanol–water partition coefficient (Wildman–Crippen LogP) is 2.84. The quantitative estimate of drug-likeness (QED) is 0.408. The van der Waals surface area contributed by atoms with Gasteiger partial charge in [0.2, 0.25) is 0 Å². The number of thiol groups is 1. The van der Waals surface area contributed by atoms with Crippen molar-refractivity contribution in [3.8, 4) is 0 Å². The Balaban J connectivity index is 3.30. The molecule has 0 fully saturated rings. The van der Waals surface area contributed by atoms with Crippen LogP contribution in [0.1, 0.15) is 5.56 Å². The molecule has 0 saturated heterocycles. The Kier molecular flexibility index (Phi) is 2.55. The fourth-order valence-electron chi connectivity index (χ4n) is 0.893. The summed E-state index contributed by atoms with van der Waals surface area (Å²) in [6, 6.07) is 5.20. The van der Waals surface area contributed by atoms with E-state index in [1.54, 1.807) is 18.2 Å². The molecule has 3 heteroatoms. The molecule has 12 heavy (non-hydrogen) atoms. The molecule has 0 spiro atoms. The Morgan fingerprint density at radius 2 is 2.17 bits per heavy atom. The second-order valence-electron chi connectivity index (χ2n) is 2.31. The van der Waals surface area contributed by atoms with Crippen LogP contribution in [0.5, 0.6) is 0 Å². The van der Waals surface area contributed by atoms with Crippen LogP contribution in [0.25, 0.3) is 5.76 Å². The van der Waals surface area contributed by atoms with Gasteiger partial charge in [0.15, 0.2) is 0 Å². The molecule has 0 aromatic heterocycles. The van der Waals surface area contributed by atoms with E-state index in [1.807, 2.05) is 0 Å². The zero-order valence-electron chi connectivity index (χ0n) is 6.49. The van der Waals surface area contributed by atoms with E-state index in [0.29, 0.717) is 11.3 Å². The number of aliphatic imine (C=N–C) groups is 1.